The van der Waals surface area contributed by atoms with E-state index in [0.717, 1.165) is 0 Å². The minimum atomic E-state index is -0.617. The standard InChI is InChI=1S/C25H21ClO6/c1-29-22-14-18(15-23(30-2)24(22)31-3)25(28)32-21-7-5-4-6-17(21)10-13-20(27)16-8-11-19(26)12-9-16/h4-15H,1-3H3/b13-10+. The number of halogens is 1. The summed E-state index contributed by atoms with van der Waals surface area (Å²) >= 11 is 5.86. The molecule has 0 amide bonds. The molecule has 0 heterocycles. The molecule has 164 valence electrons. The zero-order chi connectivity index (χ0) is 23.1. The number of rotatable bonds is 8. The molecule has 0 saturated carbocycles. The highest BCUT2D eigenvalue weighted by atomic mass is 35.5. The fourth-order valence-corrected chi connectivity index (χ4v) is 3.07. The highest BCUT2D eigenvalue weighted by molar-refractivity contribution is 6.30. The molecular formula is C25H21ClO6. The zero-order valence-corrected chi connectivity index (χ0v) is 18.5. The van der Waals surface area contributed by atoms with Crippen LogP contribution >= 0.6 is 11.6 Å². The molecule has 0 N–H and O–H groups in total. The third-order valence-corrected chi connectivity index (χ3v) is 4.82. The third-order valence-electron chi connectivity index (χ3n) is 4.57. The average Bonchev–Trinajstić information content (AvgIpc) is 2.82. The van der Waals surface area contributed by atoms with Crippen LogP contribution in [0.2, 0.25) is 5.02 Å². The predicted octanol–water partition coefficient (Wildman–Crippen LogP) is 5.48. The van der Waals surface area contributed by atoms with Crippen LogP contribution in [-0.2, 0) is 0 Å². The Bertz CT molecular complexity index is 1130. The fraction of sp³-hybridized carbons (Fsp3) is 0.120. The minimum absolute atomic E-state index is 0.201. The smallest absolute Gasteiger partial charge is 0.343 e. The van der Waals surface area contributed by atoms with Gasteiger partial charge in [-0.2, -0.15) is 0 Å². The van der Waals surface area contributed by atoms with Crippen molar-refractivity contribution in [2.24, 2.45) is 0 Å². The Morgan fingerprint density at radius 2 is 1.41 bits per heavy atom. The van der Waals surface area contributed by atoms with Crippen LogP contribution in [0.5, 0.6) is 23.0 Å². The van der Waals surface area contributed by atoms with E-state index in [4.69, 9.17) is 30.5 Å². The second-order valence-electron chi connectivity index (χ2n) is 6.55. The molecule has 0 aliphatic carbocycles. The molecule has 0 aliphatic heterocycles. The summed E-state index contributed by atoms with van der Waals surface area (Å²) in [5.41, 5.74) is 1.28. The normalized spacial score (nSPS) is 10.6. The number of carbonyl (C=O) groups excluding carboxylic acids is 2. The highest BCUT2D eigenvalue weighted by Gasteiger charge is 2.19. The quantitative estimate of drug-likeness (QED) is 0.195. The van der Waals surface area contributed by atoms with E-state index in [1.807, 2.05) is 0 Å². The van der Waals surface area contributed by atoms with Gasteiger partial charge < -0.3 is 18.9 Å². The molecule has 0 saturated heterocycles. The summed E-state index contributed by atoms with van der Waals surface area (Å²) in [6.07, 6.45) is 3.00. The highest BCUT2D eigenvalue weighted by Crippen LogP contribution is 2.38. The van der Waals surface area contributed by atoms with Gasteiger partial charge in [0.2, 0.25) is 5.75 Å². The molecule has 0 spiro atoms. The summed E-state index contributed by atoms with van der Waals surface area (Å²) in [5, 5.41) is 0.551. The monoisotopic (exact) mass is 452 g/mol. The number of ketones is 1. The maximum absolute atomic E-state index is 12.8. The molecule has 3 rings (SSSR count). The molecule has 0 unspecified atom stereocenters. The number of allylic oxidation sites excluding steroid dienone is 1. The van der Waals surface area contributed by atoms with Gasteiger partial charge in [-0.1, -0.05) is 29.8 Å². The lowest BCUT2D eigenvalue weighted by molar-refractivity contribution is 0.0733. The molecule has 0 fully saturated rings. The summed E-state index contributed by atoms with van der Waals surface area (Å²) in [6, 6.07) is 16.5. The first-order chi connectivity index (χ1) is 15.5. The Balaban J connectivity index is 1.84. The Hall–Kier alpha value is -3.77. The van der Waals surface area contributed by atoms with Crippen LogP contribution in [0.25, 0.3) is 6.08 Å². The van der Waals surface area contributed by atoms with Crippen molar-refractivity contribution >= 4 is 29.4 Å². The van der Waals surface area contributed by atoms with Crippen LogP contribution in [0.3, 0.4) is 0 Å². The molecule has 3 aromatic carbocycles. The van der Waals surface area contributed by atoms with E-state index in [9.17, 15) is 9.59 Å². The van der Waals surface area contributed by atoms with Gasteiger partial charge in [0, 0.05) is 16.1 Å². The molecule has 0 radical (unpaired) electrons. The van der Waals surface area contributed by atoms with Gasteiger partial charge >= 0.3 is 5.97 Å². The first-order valence-corrected chi connectivity index (χ1v) is 9.93. The van der Waals surface area contributed by atoms with Crippen molar-refractivity contribution in [3.8, 4) is 23.0 Å². The Morgan fingerprint density at radius 3 is 2.00 bits per heavy atom. The number of esters is 1. The van der Waals surface area contributed by atoms with Gasteiger partial charge in [0.15, 0.2) is 17.3 Å². The first kappa shape index (κ1) is 22.9. The Labute approximate surface area is 190 Å². The molecule has 3 aromatic rings. The fourth-order valence-electron chi connectivity index (χ4n) is 2.94. The van der Waals surface area contributed by atoms with Crippen LogP contribution < -0.4 is 18.9 Å². The van der Waals surface area contributed by atoms with Crippen LogP contribution in [0.15, 0.2) is 66.7 Å². The molecule has 6 nitrogen and oxygen atoms in total. The second kappa shape index (κ2) is 10.5. The first-order valence-electron chi connectivity index (χ1n) is 9.56. The minimum Gasteiger partial charge on any atom is -0.493 e. The average molecular weight is 453 g/mol. The molecule has 0 bridgehead atoms. The number of para-hydroxylation sites is 1. The van der Waals surface area contributed by atoms with Crippen molar-refractivity contribution in [1.29, 1.82) is 0 Å². The van der Waals surface area contributed by atoms with Crippen LogP contribution in [0, 0.1) is 0 Å². The number of ether oxygens (including phenoxy) is 4. The summed E-state index contributed by atoms with van der Waals surface area (Å²) in [4.78, 5) is 25.2. The Morgan fingerprint density at radius 1 is 0.781 bits per heavy atom. The summed E-state index contributed by atoms with van der Waals surface area (Å²) < 4.78 is 21.4. The number of hydrogen-bond acceptors (Lipinski definition) is 6. The molecule has 0 aliphatic rings. The van der Waals surface area contributed by atoms with E-state index in [1.165, 1.54) is 39.5 Å². The van der Waals surface area contributed by atoms with Crippen molar-refractivity contribution in [2.75, 3.05) is 21.3 Å². The number of benzene rings is 3. The predicted molar refractivity (Wildman–Crippen MR) is 122 cm³/mol. The Kier molecular flexibility index (Phi) is 7.52. The summed E-state index contributed by atoms with van der Waals surface area (Å²) in [6.45, 7) is 0. The van der Waals surface area contributed by atoms with Crippen molar-refractivity contribution in [3.63, 3.8) is 0 Å². The van der Waals surface area contributed by atoms with E-state index in [2.05, 4.69) is 0 Å². The van der Waals surface area contributed by atoms with Crippen LogP contribution in [-0.4, -0.2) is 33.1 Å². The second-order valence-corrected chi connectivity index (χ2v) is 6.98. The van der Waals surface area contributed by atoms with Crippen molar-refractivity contribution < 1.29 is 28.5 Å². The molecule has 0 atom stereocenters. The molecular weight excluding hydrogens is 432 g/mol. The number of methoxy groups -OCH3 is 3. The van der Waals surface area contributed by atoms with E-state index in [1.54, 1.807) is 54.6 Å². The van der Waals surface area contributed by atoms with E-state index in [0.29, 0.717) is 39.1 Å². The molecule has 32 heavy (non-hydrogen) atoms. The third kappa shape index (κ3) is 5.28. The summed E-state index contributed by atoms with van der Waals surface area (Å²) in [5.74, 6) is 0.518. The maximum atomic E-state index is 12.8. The topological polar surface area (TPSA) is 71.1 Å². The van der Waals surface area contributed by atoms with Gasteiger partial charge in [-0.25, -0.2) is 4.79 Å². The number of carbonyl (C=O) groups is 2. The van der Waals surface area contributed by atoms with E-state index in [-0.39, 0.29) is 11.3 Å². The molecule has 0 aromatic heterocycles. The van der Waals surface area contributed by atoms with Crippen molar-refractivity contribution in [2.45, 2.75) is 0 Å². The zero-order valence-electron chi connectivity index (χ0n) is 17.8. The van der Waals surface area contributed by atoms with Crippen molar-refractivity contribution in [3.05, 3.63) is 88.5 Å². The van der Waals surface area contributed by atoms with Gasteiger partial charge in [-0.3, -0.25) is 4.79 Å². The van der Waals surface area contributed by atoms with Gasteiger partial charge in [-0.15, -0.1) is 0 Å². The van der Waals surface area contributed by atoms with Gasteiger partial charge in [0.1, 0.15) is 5.75 Å². The van der Waals surface area contributed by atoms with Gasteiger partial charge in [0.05, 0.1) is 26.9 Å². The lowest BCUT2D eigenvalue weighted by atomic mass is 10.1. The van der Waals surface area contributed by atoms with Crippen molar-refractivity contribution in [1.82, 2.24) is 0 Å². The van der Waals surface area contributed by atoms with E-state index >= 15 is 0 Å². The van der Waals surface area contributed by atoms with E-state index < -0.39 is 5.97 Å². The van der Waals surface area contributed by atoms with Crippen LogP contribution in [0.4, 0.5) is 0 Å². The molecule has 7 heteroatoms. The van der Waals surface area contributed by atoms with Gasteiger partial charge in [0.25, 0.3) is 0 Å². The summed E-state index contributed by atoms with van der Waals surface area (Å²) in [7, 11) is 4.40. The number of hydrogen-bond donors (Lipinski definition) is 0. The van der Waals surface area contributed by atoms with Gasteiger partial charge in [-0.05, 0) is 54.6 Å². The SMILES string of the molecule is COc1cc(C(=O)Oc2ccccc2/C=C/C(=O)c2ccc(Cl)cc2)cc(OC)c1OC. The largest absolute Gasteiger partial charge is 0.493 e. The van der Waals surface area contributed by atoms with Crippen LogP contribution in [0.1, 0.15) is 26.3 Å². The lowest BCUT2D eigenvalue weighted by Gasteiger charge is -2.14. The lowest BCUT2D eigenvalue weighted by Crippen LogP contribution is -2.10. The maximum Gasteiger partial charge on any atom is 0.343 e.